The number of piperidine rings is 1. The van der Waals surface area contributed by atoms with E-state index in [1.807, 2.05) is 0 Å². The van der Waals surface area contributed by atoms with Crippen LogP contribution in [0.5, 0.6) is 0 Å². The van der Waals surface area contributed by atoms with Crippen LogP contribution in [0, 0.1) is 0 Å². The van der Waals surface area contributed by atoms with E-state index < -0.39 is 11.9 Å². The van der Waals surface area contributed by atoms with E-state index >= 15 is 0 Å². The lowest BCUT2D eigenvalue weighted by Gasteiger charge is -2.29. The van der Waals surface area contributed by atoms with Crippen molar-refractivity contribution in [1.82, 2.24) is 34.4 Å². The topological polar surface area (TPSA) is 139 Å². The Kier molecular flexibility index (Phi) is 6.07. The average Bonchev–Trinajstić information content (AvgIpc) is 3.32. The van der Waals surface area contributed by atoms with Gasteiger partial charge in [0.1, 0.15) is 17.5 Å². The molecular weight excluding hydrogens is 462 g/mol. The lowest BCUT2D eigenvalue weighted by atomic mass is 10.1. The molecule has 36 heavy (non-hydrogen) atoms. The largest absolute Gasteiger partial charge is 0.385 e. The molecule has 184 valence electrons. The smallest absolute Gasteiger partial charge is 0.279 e. The van der Waals surface area contributed by atoms with Crippen LogP contribution in [0.25, 0.3) is 11.5 Å². The number of nitrogens with one attached hydrogen (secondary N) is 3. The third kappa shape index (κ3) is 4.24. The molecule has 1 aliphatic rings. The number of hydrogen-bond donors (Lipinski definition) is 3. The summed E-state index contributed by atoms with van der Waals surface area (Å²) in [5.41, 5.74) is 1.16. The number of fused-ring (bicyclic) bond motifs is 1. The number of aromatic nitrogens is 5. The summed E-state index contributed by atoms with van der Waals surface area (Å²) >= 11 is 0. The van der Waals surface area contributed by atoms with Gasteiger partial charge in [-0.1, -0.05) is 6.07 Å². The van der Waals surface area contributed by atoms with Crippen LogP contribution in [0.4, 0.5) is 17.2 Å². The van der Waals surface area contributed by atoms with Gasteiger partial charge in [0.25, 0.3) is 11.5 Å². The molecule has 3 N–H and O–H groups in total. The SMILES string of the molecule is CNc1cc(Nc2cccn(-c3ccccn3)c2=O)nn2c(C(=O)N[C@@H]3CCCN(C)C3=O)cnc12. The van der Waals surface area contributed by atoms with Crippen molar-refractivity contribution in [3.05, 3.63) is 71.0 Å². The Morgan fingerprint density at radius 1 is 1.11 bits per heavy atom. The number of carbonyl (C=O) groups is 2. The summed E-state index contributed by atoms with van der Waals surface area (Å²) in [5.74, 6) is 0.230. The fraction of sp³-hybridized carbons (Fsp3) is 0.250. The molecule has 0 spiro atoms. The van der Waals surface area contributed by atoms with Gasteiger partial charge in [-0.2, -0.15) is 0 Å². The zero-order chi connectivity index (χ0) is 25.2. The molecule has 0 aliphatic carbocycles. The van der Waals surface area contributed by atoms with E-state index in [9.17, 15) is 14.4 Å². The second-order valence-corrected chi connectivity index (χ2v) is 8.41. The van der Waals surface area contributed by atoms with Crippen molar-refractivity contribution in [3.8, 4) is 5.82 Å². The molecule has 4 aromatic rings. The number of carbonyl (C=O) groups excluding carboxylic acids is 2. The molecule has 1 atom stereocenters. The zero-order valence-electron chi connectivity index (χ0n) is 19.8. The summed E-state index contributed by atoms with van der Waals surface area (Å²) in [4.78, 5) is 48.8. The molecule has 12 nitrogen and oxygen atoms in total. The third-order valence-electron chi connectivity index (χ3n) is 6.04. The van der Waals surface area contributed by atoms with Crippen LogP contribution in [-0.4, -0.2) is 67.5 Å². The van der Waals surface area contributed by atoms with Crippen LogP contribution in [0.2, 0.25) is 0 Å². The fourth-order valence-electron chi connectivity index (χ4n) is 4.17. The van der Waals surface area contributed by atoms with Gasteiger partial charge in [0.05, 0.1) is 11.9 Å². The number of nitrogens with zero attached hydrogens (tertiary/aromatic N) is 6. The first-order valence-electron chi connectivity index (χ1n) is 11.5. The van der Waals surface area contributed by atoms with Gasteiger partial charge in [0.15, 0.2) is 17.2 Å². The quantitative estimate of drug-likeness (QED) is 0.371. The van der Waals surface area contributed by atoms with E-state index in [1.54, 1.807) is 67.8 Å². The molecule has 12 heteroatoms. The van der Waals surface area contributed by atoms with E-state index in [-0.39, 0.29) is 22.8 Å². The number of imidazole rings is 1. The normalized spacial score (nSPS) is 15.7. The molecule has 5 rings (SSSR count). The Morgan fingerprint density at radius 2 is 1.97 bits per heavy atom. The Labute approximate surface area is 206 Å². The fourth-order valence-corrected chi connectivity index (χ4v) is 4.17. The maximum absolute atomic E-state index is 13.1. The minimum absolute atomic E-state index is 0.122. The van der Waals surface area contributed by atoms with Crippen LogP contribution < -0.4 is 21.5 Å². The van der Waals surface area contributed by atoms with Crippen molar-refractivity contribution in [2.45, 2.75) is 18.9 Å². The first-order valence-corrected chi connectivity index (χ1v) is 11.5. The molecule has 5 heterocycles. The van der Waals surface area contributed by atoms with Crippen molar-refractivity contribution in [3.63, 3.8) is 0 Å². The molecule has 0 unspecified atom stereocenters. The predicted molar refractivity (Wildman–Crippen MR) is 134 cm³/mol. The van der Waals surface area contributed by atoms with Crippen LogP contribution in [0.1, 0.15) is 23.3 Å². The van der Waals surface area contributed by atoms with Gasteiger partial charge in [0, 0.05) is 39.1 Å². The average molecular weight is 488 g/mol. The standard InChI is InChI=1S/C24H25N9O3/c1-25-17-13-19(28-16-8-6-12-32(24(16)36)20-9-3-4-10-26-20)30-33-18(14-27-21(17)33)22(34)29-15-7-5-11-31(2)23(15)35/h3-4,6,8-10,12-15,25H,5,7,11H2,1-2H3,(H,28,30)(H,29,34)/t15-/m1/s1. The molecule has 0 radical (unpaired) electrons. The number of amides is 2. The minimum Gasteiger partial charge on any atom is -0.385 e. The Morgan fingerprint density at radius 3 is 2.75 bits per heavy atom. The third-order valence-corrected chi connectivity index (χ3v) is 6.04. The van der Waals surface area contributed by atoms with E-state index in [0.717, 1.165) is 6.42 Å². The number of pyridine rings is 2. The van der Waals surface area contributed by atoms with E-state index in [2.05, 4.69) is 31.0 Å². The summed E-state index contributed by atoms with van der Waals surface area (Å²) in [7, 11) is 3.44. The molecule has 1 aliphatic heterocycles. The highest BCUT2D eigenvalue weighted by molar-refractivity contribution is 5.97. The van der Waals surface area contributed by atoms with Gasteiger partial charge in [-0.05, 0) is 37.1 Å². The maximum atomic E-state index is 13.1. The summed E-state index contributed by atoms with van der Waals surface area (Å²) in [6.07, 6.45) is 6.04. The Hall–Kier alpha value is -4.74. The molecule has 1 fully saturated rings. The van der Waals surface area contributed by atoms with Crippen LogP contribution in [-0.2, 0) is 4.79 Å². The van der Waals surface area contributed by atoms with Crippen LogP contribution in [0.3, 0.4) is 0 Å². The monoisotopic (exact) mass is 487 g/mol. The predicted octanol–water partition coefficient (Wildman–Crippen LogP) is 1.41. The zero-order valence-corrected chi connectivity index (χ0v) is 19.8. The highest BCUT2D eigenvalue weighted by atomic mass is 16.2. The highest BCUT2D eigenvalue weighted by Crippen LogP contribution is 2.22. The van der Waals surface area contributed by atoms with Crippen molar-refractivity contribution >= 4 is 34.7 Å². The Bertz CT molecular complexity index is 1500. The maximum Gasteiger partial charge on any atom is 0.279 e. The highest BCUT2D eigenvalue weighted by Gasteiger charge is 2.29. The minimum atomic E-state index is -0.596. The van der Waals surface area contributed by atoms with Crippen molar-refractivity contribution in [2.24, 2.45) is 0 Å². The first-order chi connectivity index (χ1) is 17.5. The van der Waals surface area contributed by atoms with Crippen LogP contribution >= 0.6 is 0 Å². The second kappa shape index (κ2) is 9.49. The van der Waals surface area contributed by atoms with Crippen molar-refractivity contribution < 1.29 is 9.59 Å². The molecule has 0 aromatic carbocycles. The van der Waals surface area contributed by atoms with Crippen molar-refractivity contribution in [2.75, 3.05) is 31.3 Å². The van der Waals surface area contributed by atoms with Crippen molar-refractivity contribution in [1.29, 1.82) is 0 Å². The number of anilines is 3. The summed E-state index contributed by atoms with van der Waals surface area (Å²) in [6, 6.07) is 9.77. The van der Waals surface area contributed by atoms with Gasteiger partial charge < -0.3 is 20.9 Å². The number of likely N-dealkylation sites (tertiary alicyclic amines) is 1. The van der Waals surface area contributed by atoms with Crippen LogP contribution in [0.15, 0.2) is 59.8 Å². The van der Waals surface area contributed by atoms with E-state index in [0.29, 0.717) is 35.9 Å². The van der Waals surface area contributed by atoms with Gasteiger partial charge in [-0.15, -0.1) is 5.10 Å². The number of hydrogen-bond acceptors (Lipinski definition) is 8. The lowest BCUT2D eigenvalue weighted by molar-refractivity contribution is -0.134. The lowest BCUT2D eigenvalue weighted by Crippen LogP contribution is -2.51. The summed E-state index contributed by atoms with van der Waals surface area (Å²) in [5, 5.41) is 13.4. The first kappa shape index (κ1) is 23.0. The molecule has 1 saturated heterocycles. The Balaban J connectivity index is 1.48. The molecule has 4 aromatic heterocycles. The summed E-state index contributed by atoms with van der Waals surface area (Å²) < 4.78 is 2.81. The van der Waals surface area contributed by atoms with Gasteiger partial charge in [0.2, 0.25) is 5.91 Å². The second-order valence-electron chi connectivity index (χ2n) is 8.41. The molecule has 0 bridgehead atoms. The van der Waals surface area contributed by atoms with Gasteiger partial charge >= 0.3 is 0 Å². The molecular formula is C24H25N9O3. The number of rotatable bonds is 6. The molecule has 0 saturated carbocycles. The van der Waals surface area contributed by atoms with Gasteiger partial charge in [-0.25, -0.2) is 14.5 Å². The van der Waals surface area contributed by atoms with E-state index in [1.165, 1.54) is 15.3 Å². The molecule has 2 amide bonds. The van der Waals surface area contributed by atoms with E-state index in [4.69, 9.17) is 0 Å². The van der Waals surface area contributed by atoms with Gasteiger partial charge in [-0.3, -0.25) is 19.0 Å². The number of likely N-dealkylation sites (N-methyl/N-ethyl adjacent to an activating group) is 1. The summed E-state index contributed by atoms with van der Waals surface area (Å²) in [6.45, 7) is 0.671.